The van der Waals surface area contributed by atoms with E-state index in [-0.39, 0.29) is 0 Å². The molecule has 0 aliphatic carbocycles. The molecule has 1 aromatic rings. The second kappa shape index (κ2) is 2.97. The second-order valence-electron chi connectivity index (χ2n) is 1.85. The molecule has 4 nitrogen and oxygen atoms in total. The minimum absolute atomic E-state index is 0.299. The van der Waals surface area contributed by atoms with Crippen LogP contribution < -0.4 is 0 Å². The van der Waals surface area contributed by atoms with E-state index in [9.17, 15) is 0 Å². The van der Waals surface area contributed by atoms with Gasteiger partial charge >= 0.3 is 0 Å². The Kier molecular flexibility index (Phi) is 2.00. The summed E-state index contributed by atoms with van der Waals surface area (Å²) in [5.41, 5.74) is 0. The first-order chi connectivity index (χ1) is 4.86. The van der Waals surface area contributed by atoms with Crippen molar-refractivity contribution in [2.75, 3.05) is 0 Å². The zero-order chi connectivity index (χ0) is 7.40. The zero-order valence-electron chi connectivity index (χ0n) is 5.78. The topological polar surface area (TPSA) is 54.5 Å². The molecule has 0 N–H and O–H groups in total. The third-order valence-electron chi connectivity index (χ3n) is 1.15. The van der Waals surface area contributed by atoms with Gasteiger partial charge in [-0.2, -0.15) is 10.4 Å². The van der Waals surface area contributed by atoms with Crippen LogP contribution in [0, 0.1) is 11.3 Å². The largest absolute Gasteiger partial charge is 0.253 e. The summed E-state index contributed by atoms with van der Waals surface area (Å²) in [5.74, 6) is 0.601. The normalized spacial score (nSPS) is 9.20. The molecule has 0 bridgehead atoms. The van der Waals surface area contributed by atoms with Gasteiger partial charge < -0.3 is 0 Å². The summed E-state index contributed by atoms with van der Waals surface area (Å²) in [6.07, 6.45) is 1.93. The van der Waals surface area contributed by atoms with Crippen molar-refractivity contribution in [3.63, 3.8) is 0 Å². The lowest BCUT2D eigenvalue weighted by molar-refractivity contribution is 0.650. The van der Waals surface area contributed by atoms with Crippen LogP contribution in [0.25, 0.3) is 0 Å². The molecule has 0 spiro atoms. The molecule has 0 atom stereocenters. The number of rotatable bonds is 2. The van der Waals surface area contributed by atoms with Gasteiger partial charge in [0.2, 0.25) is 0 Å². The first-order valence-electron chi connectivity index (χ1n) is 3.12. The summed E-state index contributed by atoms with van der Waals surface area (Å²) in [5, 5.41) is 12.3. The summed E-state index contributed by atoms with van der Waals surface area (Å²) in [4.78, 5) is 3.91. The number of hydrogen-bond acceptors (Lipinski definition) is 3. The highest BCUT2D eigenvalue weighted by molar-refractivity contribution is 4.91. The zero-order valence-corrected chi connectivity index (χ0v) is 5.78. The molecular weight excluding hydrogens is 128 g/mol. The molecule has 0 amide bonds. The Balaban J connectivity index is 2.70. The molecule has 0 aromatic carbocycles. The number of aromatic nitrogens is 3. The number of hydrogen-bond donors (Lipinski definition) is 0. The van der Waals surface area contributed by atoms with Crippen LogP contribution in [0.1, 0.15) is 12.7 Å². The van der Waals surface area contributed by atoms with Crippen molar-refractivity contribution < 1.29 is 0 Å². The average molecular weight is 136 g/mol. The van der Waals surface area contributed by atoms with Crippen LogP contribution in [-0.2, 0) is 13.0 Å². The van der Waals surface area contributed by atoms with Crippen LogP contribution in [0.3, 0.4) is 0 Å². The Morgan fingerprint density at radius 3 is 3.10 bits per heavy atom. The van der Waals surface area contributed by atoms with Crippen molar-refractivity contribution in [2.24, 2.45) is 0 Å². The fourth-order valence-corrected chi connectivity index (χ4v) is 0.637. The lowest BCUT2D eigenvalue weighted by atomic mass is 10.5. The van der Waals surface area contributed by atoms with Gasteiger partial charge in [0, 0.05) is 6.54 Å². The van der Waals surface area contributed by atoms with E-state index >= 15 is 0 Å². The second-order valence-corrected chi connectivity index (χ2v) is 1.85. The van der Waals surface area contributed by atoms with E-state index in [2.05, 4.69) is 10.1 Å². The Bertz CT molecular complexity index is 244. The maximum Gasteiger partial charge on any atom is 0.164 e. The number of nitrogens with zero attached hydrogens (tertiary/aromatic N) is 4. The van der Waals surface area contributed by atoms with Crippen molar-refractivity contribution in [3.05, 3.63) is 12.2 Å². The molecule has 52 valence electrons. The van der Waals surface area contributed by atoms with Crippen LogP contribution in [-0.4, -0.2) is 14.8 Å². The van der Waals surface area contributed by atoms with E-state index in [1.54, 1.807) is 11.0 Å². The highest BCUT2D eigenvalue weighted by atomic mass is 15.3. The third-order valence-corrected chi connectivity index (χ3v) is 1.15. The van der Waals surface area contributed by atoms with E-state index in [1.807, 2.05) is 13.0 Å². The van der Waals surface area contributed by atoms with Crippen LogP contribution >= 0.6 is 0 Å². The summed E-state index contributed by atoms with van der Waals surface area (Å²) in [6, 6.07) is 1.98. The molecule has 10 heavy (non-hydrogen) atoms. The SMILES string of the molecule is CCn1cnc(CC#N)n1. The lowest BCUT2D eigenvalue weighted by Gasteiger charge is -1.87. The smallest absolute Gasteiger partial charge is 0.164 e. The Labute approximate surface area is 59.1 Å². The van der Waals surface area contributed by atoms with Crippen molar-refractivity contribution >= 4 is 0 Å². The maximum atomic E-state index is 8.26. The van der Waals surface area contributed by atoms with Gasteiger partial charge in [0.25, 0.3) is 0 Å². The standard InChI is InChI=1S/C6H8N4/c1-2-10-5-8-6(9-10)3-4-7/h5H,2-3H2,1H3. The predicted octanol–water partition coefficient (Wildman–Crippen LogP) is 0.364. The van der Waals surface area contributed by atoms with E-state index in [0.29, 0.717) is 12.2 Å². The summed E-state index contributed by atoms with van der Waals surface area (Å²) < 4.78 is 1.70. The Morgan fingerprint density at radius 1 is 1.80 bits per heavy atom. The number of nitriles is 1. The molecule has 0 saturated carbocycles. The molecule has 0 aliphatic heterocycles. The van der Waals surface area contributed by atoms with E-state index < -0.39 is 0 Å². The molecule has 0 radical (unpaired) electrons. The van der Waals surface area contributed by atoms with Gasteiger partial charge in [0.15, 0.2) is 5.82 Å². The minimum Gasteiger partial charge on any atom is -0.253 e. The summed E-state index contributed by atoms with van der Waals surface area (Å²) >= 11 is 0. The van der Waals surface area contributed by atoms with Crippen molar-refractivity contribution in [2.45, 2.75) is 19.9 Å². The van der Waals surface area contributed by atoms with Gasteiger partial charge in [-0.25, -0.2) is 4.98 Å². The van der Waals surface area contributed by atoms with Crippen molar-refractivity contribution in [1.82, 2.24) is 14.8 Å². The third kappa shape index (κ3) is 1.32. The van der Waals surface area contributed by atoms with E-state index in [4.69, 9.17) is 5.26 Å². The van der Waals surface area contributed by atoms with Crippen LogP contribution in [0.5, 0.6) is 0 Å². The molecule has 0 aliphatic rings. The fourth-order valence-electron chi connectivity index (χ4n) is 0.637. The Hall–Kier alpha value is -1.37. The highest BCUT2D eigenvalue weighted by Gasteiger charge is 1.95. The highest BCUT2D eigenvalue weighted by Crippen LogP contribution is 1.88. The maximum absolute atomic E-state index is 8.26. The van der Waals surface area contributed by atoms with Crippen molar-refractivity contribution in [3.8, 4) is 6.07 Å². The van der Waals surface area contributed by atoms with Crippen LogP contribution in [0.4, 0.5) is 0 Å². The molecule has 0 fully saturated rings. The van der Waals surface area contributed by atoms with Crippen LogP contribution in [0.2, 0.25) is 0 Å². The van der Waals surface area contributed by atoms with Crippen molar-refractivity contribution in [1.29, 1.82) is 5.26 Å². The molecule has 1 rings (SSSR count). The van der Waals surface area contributed by atoms with Gasteiger partial charge in [-0.15, -0.1) is 0 Å². The average Bonchev–Trinajstić information content (AvgIpc) is 2.37. The van der Waals surface area contributed by atoms with Gasteiger partial charge in [0.1, 0.15) is 6.33 Å². The van der Waals surface area contributed by atoms with E-state index in [0.717, 1.165) is 6.54 Å². The molecule has 1 aromatic heterocycles. The molecule has 0 saturated heterocycles. The Morgan fingerprint density at radius 2 is 2.60 bits per heavy atom. The monoisotopic (exact) mass is 136 g/mol. The van der Waals surface area contributed by atoms with Gasteiger partial charge in [-0.3, -0.25) is 4.68 Å². The fraction of sp³-hybridized carbons (Fsp3) is 0.500. The molecule has 4 heteroatoms. The summed E-state index contributed by atoms with van der Waals surface area (Å²) in [6.45, 7) is 2.78. The van der Waals surface area contributed by atoms with Gasteiger partial charge in [-0.05, 0) is 6.92 Å². The molecule has 0 unspecified atom stereocenters. The lowest BCUT2D eigenvalue weighted by Crippen LogP contribution is -1.94. The van der Waals surface area contributed by atoms with E-state index in [1.165, 1.54) is 0 Å². The van der Waals surface area contributed by atoms with Gasteiger partial charge in [-0.1, -0.05) is 0 Å². The molecular formula is C6H8N4. The van der Waals surface area contributed by atoms with Crippen LogP contribution in [0.15, 0.2) is 6.33 Å². The molecule has 1 heterocycles. The first-order valence-corrected chi connectivity index (χ1v) is 3.12. The minimum atomic E-state index is 0.299. The summed E-state index contributed by atoms with van der Waals surface area (Å²) in [7, 11) is 0. The van der Waals surface area contributed by atoms with Gasteiger partial charge in [0.05, 0.1) is 12.5 Å². The number of aryl methyl sites for hydroxylation is 1. The predicted molar refractivity (Wildman–Crippen MR) is 35.0 cm³/mol. The first kappa shape index (κ1) is 6.75. The quantitative estimate of drug-likeness (QED) is 0.590.